The summed E-state index contributed by atoms with van der Waals surface area (Å²) in [6, 6.07) is 5.27. The van der Waals surface area contributed by atoms with Crippen LogP contribution in [0.4, 0.5) is 10.1 Å². The number of H-pyrrole nitrogens is 1. The summed E-state index contributed by atoms with van der Waals surface area (Å²) in [6.07, 6.45) is 1.82. The van der Waals surface area contributed by atoms with E-state index >= 15 is 0 Å². The quantitative estimate of drug-likeness (QED) is 0.877. The topological polar surface area (TPSA) is 84.0 Å². The van der Waals surface area contributed by atoms with Crippen LogP contribution in [0.5, 0.6) is 0 Å². The number of hydrogen-bond acceptors (Lipinski definition) is 3. The Bertz CT molecular complexity index is 762. The molecule has 0 spiro atoms. The Labute approximate surface area is 119 Å². The molecule has 0 aliphatic heterocycles. The zero-order valence-corrected chi connectivity index (χ0v) is 11.4. The zero-order valence-electron chi connectivity index (χ0n) is 11.4. The first kappa shape index (κ1) is 14.7. The maximum Gasteiger partial charge on any atom is 0.328 e. The second kappa shape index (κ2) is 6.17. The van der Waals surface area contributed by atoms with E-state index in [0.29, 0.717) is 17.7 Å². The lowest BCUT2D eigenvalue weighted by Crippen LogP contribution is -2.34. The number of aromatic nitrogens is 2. The van der Waals surface area contributed by atoms with E-state index in [1.54, 1.807) is 6.92 Å². The molecule has 0 bridgehead atoms. The van der Waals surface area contributed by atoms with Crippen molar-refractivity contribution in [2.24, 2.45) is 0 Å². The molecule has 1 aromatic carbocycles. The normalized spacial score (nSPS) is 10.4. The van der Waals surface area contributed by atoms with Gasteiger partial charge in [0.05, 0.1) is 0 Å². The summed E-state index contributed by atoms with van der Waals surface area (Å²) in [4.78, 5) is 37.0. The van der Waals surface area contributed by atoms with Gasteiger partial charge >= 0.3 is 5.69 Å². The van der Waals surface area contributed by atoms with Gasteiger partial charge in [-0.1, -0.05) is 6.92 Å². The van der Waals surface area contributed by atoms with Gasteiger partial charge in [0, 0.05) is 17.4 Å². The SMILES string of the molecule is CCc1cn(CC(=O)Nc2ccc(F)cc2)c(=O)[nH]c1=O. The van der Waals surface area contributed by atoms with Crippen LogP contribution in [0.1, 0.15) is 12.5 Å². The van der Waals surface area contributed by atoms with Crippen molar-refractivity contribution >= 4 is 11.6 Å². The molecular formula is C14H14FN3O3. The summed E-state index contributed by atoms with van der Waals surface area (Å²) in [5, 5.41) is 2.54. The van der Waals surface area contributed by atoms with E-state index < -0.39 is 23.0 Å². The summed E-state index contributed by atoms with van der Waals surface area (Å²) >= 11 is 0. The first-order valence-electron chi connectivity index (χ1n) is 6.37. The molecule has 21 heavy (non-hydrogen) atoms. The van der Waals surface area contributed by atoms with Crippen LogP contribution in [0.3, 0.4) is 0 Å². The number of aryl methyl sites for hydroxylation is 1. The van der Waals surface area contributed by atoms with Gasteiger partial charge in [0.2, 0.25) is 5.91 Å². The maximum absolute atomic E-state index is 12.8. The Morgan fingerprint density at radius 1 is 1.29 bits per heavy atom. The molecule has 7 heteroatoms. The number of aromatic amines is 1. The van der Waals surface area contributed by atoms with Crippen LogP contribution in [0.25, 0.3) is 0 Å². The fourth-order valence-corrected chi connectivity index (χ4v) is 1.81. The van der Waals surface area contributed by atoms with Gasteiger partial charge in [0.1, 0.15) is 12.4 Å². The lowest BCUT2D eigenvalue weighted by Gasteiger charge is -2.08. The number of halogens is 1. The van der Waals surface area contributed by atoms with Crippen molar-refractivity contribution in [2.45, 2.75) is 19.9 Å². The standard InChI is InChI=1S/C14H14FN3O3/c1-2-9-7-18(14(21)17-13(9)20)8-12(19)16-11-5-3-10(15)4-6-11/h3-7H,2,8H2,1H3,(H,16,19)(H,17,20,21). The number of carbonyl (C=O) groups is 1. The molecule has 0 saturated carbocycles. The summed E-state index contributed by atoms with van der Waals surface area (Å²) in [6.45, 7) is 1.54. The third-order valence-electron chi connectivity index (χ3n) is 2.91. The van der Waals surface area contributed by atoms with Crippen molar-refractivity contribution in [1.82, 2.24) is 9.55 Å². The van der Waals surface area contributed by atoms with E-state index in [1.807, 2.05) is 0 Å². The minimum atomic E-state index is -0.647. The smallest absolute Gasteiger partial charge is 0.325 e. The van der Waals surface area contributed by atoms with Crippen LogP contribution < -0.4 is 16.6 Å². The summed E-state index contributed by atoms with van der Waals surface area (Å²) in [5.74, 6) is -0.852. The number of anilines is 1. The van der Waals surface area contributed by atoms with Crippen LogP contribution in [-0.2, 0) is 17.8 Å². The minimum absolute atomic E-state index is 0.236. The molecule has 0 saturated heterocycles. The molecule has 110 valence electrons. The highest BCUT2D eigenvalue weighted by Gasteiger charge is 2.08. The Kier molecular flexibility index (Phi) is 4.32. The lowest BCUT2D eigenvalue weighted by atomic mass is 10.2. The lowest BCUT2D eigenvalue weighted by molar-refractivity contribution is -0.116. The van der Waals surface area contributed by atoms with Crippen LogP contribution in [0.2, 0.25) is 0 Å². The Morgan fingerprint density at radius 2 is 1.95 bits per heavy atom. The number of rotatable bonds is 4. The highest BCUT2D eigenvalue weighted by Crippen LogP contribution is 2.08. The highest BCUT2D eigenvalue weighted by atomic mass is 19.1. The predicted molar refractivity (Wildman–Crippen MR) is 75.7 cm³/mol. The van der Waals surface area contributed by atoms with E-state index in [-0.39, 0.29) is 6.54 Å². The molecule has 2 N–H and O–H groups in total. The van der Waals surface area contributed by atoms with E-state index in [9.17, 15) is 18.8 Å². The summed E-state index contributed by atoms with van der Waals surface area (Å²) in [5.41, 5.74) is -0.247. The Balaban J connectivity index is 2.14. The first-order chi connectivity index (χ1) is 9.99. The van der Waals surface area contributed by atoms with Gasteiger partial charge in [-0.15, -0.1) is 0 Å². The second-order valence-corrected chi connectivity index (χ2v) is 4.45. The van der Waals surface area contributed by atoms with Gasteiger partial charge in [0.15, 0.2) is 0 Å². The molecule has 0 aliphatic carbocycles. The average Bonchev–Trinajstić information content (AvgIpc) is 2.44. The molecule has 1 amide bonds. The van der Waals surface area contributed by atoms with Gasteiger partial charge in [0.25, 0.3) is 5.56 Å². The first-order valence-corrected chi connectivity index (χ1v) is 6.37. The van der Waals surface area contributed by atoms with Crippen molar-refractivity contribution in [3.05, 3.63) is 62.7 Å². The van der Waals surface area contributed by atoms with Crippen LogP contribution in [0, 0.1) is 5.82 Å². The summed E-state index contributed by atoms with van der Waals surface area (Å²) in [7, 11) is 0. The van der Waals surface area contributed by atoms with Crippen LogP contribution in [0.15, 0.2) is 40.1 Å². The molecule has 0 radical (unpaired) electrons. The van der Waals surface area contributed by atoms with E-state index in [4.69, 9.17) is 0 Å². The predicted octanol–water partition coefficient (Wildman–Crippen LogP) is 0.877. The average molecular weight is 291 g/mol. The van der Waals surface area contributed by atoms with Crippen molar-refractivity contribution in [3.8, 4) is 0 Å². The third-order valence-corrected chi connectivity index (χ3v) is 2.91. The third kappa shape index (κ3) is 3.65. The van der Waals surface area contributed by atoms with Gasteiger partial charge in [-0.2, -0.15) is 0 Å². The van der Waals surface area contributed by atoms with Crippen molar-refractivity contribution in [2.75, 3.05) is 5.32 Å². The minimum Gasteiger partial charge on any atom is -0.325 e. The van der Waals surface area contributed by atoms with Gasteiger partial charge in [-0.05, 0) is 30.7 Å². The van der Waals surface area contributed by atoms with Gasteiger partial charge in [-0.25, -0.2) is 9.18 Å². The molecule has 0 fully saturated rings. The number of amides is 1. The van der Waals surface area contributed by atoms with E-state index in [1.165, 1.54) is 30.5 Å². The molecule has 2 rings (SSSR count). The van der Waals surface area contributed by atoms with Gasteiger partial charge < -0.3 is 5.32 Å². The monoisotopic (exact) mass is 291 g/mol. The molecule has 0 atom stereocenters. The molecule has 2 aromatic rings. The molecule has 1 heterocycles. The molecule has 6 nitrogen and oxygen atoms in total. The molecule has 0 unspecified atom stereocenters. The number of hydrogen-bond donors (Lipinski definition) is 2. The Hall–Kier alpha value is -2.70. The van der Waals surface area contributed by atoms with Crippen LogP contribution in [-0.4, -0.2) is 15.5 Å². The second-order valence-electron chi connectivity index (χ2n) is 4.45. The number of nitrogens with one attached hydrogen (secondary N) is 2. The van der Waals surface area contributed by atoms with Crippen molar-refractivity contribution < 1.29 is 9.18 Å². The largest absolute Gasteiger partial charge is 0.328 e. The Morgan fingerprint density at radius 3 is 2.57 bits per heavy atom. The zero-order chi connectivity index (χ0) is 15.4. The van der Waals surface area contributed by atoms with Crippen molar-refractivity contribution in [1.29, 1.82) is 0 Å². The maximum atomic E-state index is 12.8. The summed E-state index contributed by atoms with van der Waals surface area (Å²) < 4.78 is 13.9. The number of carbonyl (C=O) groups excluding carboxylic acids is 1. The van der Waals surface area contributed by atoms with E-state index in [0.717, 1.165) is 4.57 Å². The van der Waals surface area contributed by atoms with Crippen LogP contribution >= 0.6 is 0 Å². The van der Waals surface area contributed by atoms with Gasteiger partial charge in [-0.3, -0.25) is 19.1 Å². The number of benzene rings is 1. The fraction of sp³-hybridized carbons (Fsp3) is 0.214. The molecule has 1 aromatic heterocycles. The highest BCUT2D eigenvalue weighted by molar-refractivity contribution is 5.90. The van der Waals surface area contributed by atoms with E-state index in [2.05, 4.69) is 10.3 Å². The molecule has 0 aliphatic rings. The van der Waals surface area contributed by atoms with Crippen molar-refractivity contribution in [3.63, 3.8) is 0 Å². The molecular weight excluding hydrogens is 277 g/mol. The number of nitrogens with zero attached hydrogens (tertiary/aromatic N) is 1. The fourth-order valence-electron chi connectivity index (χ4n) is 1.81.